The van der Waals surface area contributed by atoms with Gasteiger partial charge in [-0.1, -0.05) is 43.4 Å². The van der Waals surface area contributed by atoms with Gasteiger partial charge in [0.15, 0.2) is 5.71 Å². The first kappa shape index (κ1) is 25.9. The van der Waals surface area contributed by atoms with Gasteiger partial charge in [-0.2, -0.15) is 13.2 Å². The fraction of sp³-hybridized carbons (Fsp3) is 0.192. The molecule has 0 bridgehead atoms. The number of fused-ring (bicyclic) bond motifs is 2. The Balaban J connectivity index is 0.000000429. The fourth-order valence-corrected chi connectivity index (χ4v) is 7.39. The van der Waals surface area contributed by atoms with Crippen LogP contribution in [0.15, 0.2) is 71.5 Å². The molecule has 1 amide bonds. The number of anilines is 1. The molecule has 1 aliphatic heterocycles. The van der Waals surface area contributed by atoms with Gasteiger partial charge in [-0.3, -0.25) is 10.2 Å². The van der Waals surface area contributed by atoms with Crippen LogP contribution < -0.4 is 21.0 Å². The maximum absolute atomic E-state index is 11.6. The summed E-state index contributed by atoms with van der Waals surface area (Å²) in [5.74, 6) is -3.06. The van der Waals surface area contributed by atoms with Crippen molar-refractivity contribution in [3.63, 3.8) is 0 Å². The third-order valence-corrected chi connectivity index (χ3v) is 9.44. The second kappa shape index (κ2) is 9.50. The highest BCUT2D eigenvalue weighted by Gasteiger charge is 2.40. The first-order valence-electron chi connectivity index (χ1n) is 10.8. The minimum absolute atomic E-state index is 0.0528. The van der Waals surface area contributed by atoms with E-state index in [4.69, 9.17) is 15.3 Å². The number of rotatable bonds is 2. The number of hydrogen-bond donors (Lipinski definition) is 2. The lowest BCUT2D eigenvalue weighted by molar-refractivity contribution is -0.344. The number of aryl methyl sites for hydroxylation is 1. The predicted octanol–water partition coefficient (Wildman–Crippen LogP) is 2.22. The molecule has 0 aromatic heterocycles. The van der Waals surface area contributed by atoms with E-state index in [1.165, 1.54) is 38.2 Å². The molecule has 35 heavy (non-hydrogen) atoms. The normalized spacial score (nSPS) is 15.9. The largest absolute Gasteiger partial charge is 0.542 e. The van der Waals surface area contributed by atoms with Crippen molar-refractivity contribution in [2.24, 2.45) is 0 Å². The minimum Gasteiger partial charge on any atom is -0.542 e. The van der Waals surface area contributed by atoms with Crippen molar-refractivity contribution in [1.29, 1.82) is 0 Å². The molecule has 1 aliphatic carbocycles. The molecule has 0 atom stereocenters. The average molecular weight is 499 g/mol. The summed E-state index contributed by atoms with van der Waals surface area (Å²) in [5, 5.41) is 20.6. The number of carboxylic acid groups (broad SMARTS) is 1. The number of amides is 1. The standard InChI is InChI=1S/C24H24N2OSi.C2HF3O2/c1-15-7-5-6-8-19(15)24-20-11-9-17(25)13-22(20)28(3,4)23-14-18(26-16(2)27)10-12-21(23)24;3-2(4,5)1(6)7/h5-14,25H,1-4H3,(H,26,27);(H,6,7). The van der Waals surface area contributed by atoms with Crippen molar-refractivity contribution < 1.29 is 33.3 Å². The molecule has 0 spiro atoms. The van der Waals surface area contributed by atoms with E-state index in [9.17, 15) is 18.0 Å². The minimum atomic E-state index is -5.19. The lowest BCUT2D eigenvalue weighted by Gasteiger charge is -2.38. The molecule has 1 heterocycles. The quantitative estimate of drug-likeness (QED) is 0.622. The second-order valence-corrected chi connectivity index (χ2v) is 13.2. The molecule has 9 heteroatoms. The maximum atomic E-state index is 11.6. The molecule has 0 fully saturated rings. The van der Waals surface area contributed by atoms with Crippen molar-refractivity contribution in [1.82, 2.24) is 0 Å². The zero-order chi connectivity index (χ0) is 26.1. The van der Waals surface area contributed by atoms with Crippen LogP contribution in [0.3, 0.4) is 0 Å². The first-order chi connectivity index (χ1) is 16.2. The Morgan fingerprint density at radius 1 is 1.03 bits per heavy atom. The van der Waals surface area contributed by atoms with E-state index in [1.54, 1.807) is 6.92 Å². The zero-order valence-corrected chi connectivity index (χ0v) is 20.7. The highest BCUT2D eigenvalue weighted by Crippen LogP contribution is 2.42. The van der Waals surface area contributed by atoms with Crippen molar-refractivity contribution in [2.75, 3.05) is 5.32 Å². The molecular weight excluding hydrogens is 473 g/mol. The van der Waals surface area contributed by atoms with Gasteiger partial charge in [-0.25, -0.2) is 0 Å². The molecule has 5 nitrogen and oxygen atoms in total. The van der Waals surface area contributed by atoms with Crippen LogP contribution in [-0.4, -0.2) is 31.8 Å². The Labute approximate surface area is 202 Å². The SMILES string of the molecule is CC(=O)Nc1ccc2c(c1)[Si](C)(C)C1=CC(=[NH2+])C=CC1=C2c1ccccc1C.O=C([O-])C(F)(F)F. The number of carbonyl (C=O) groups excluding carboxylic acids is 2. The zero-order valence-electron chi connectivity index (χ0n) is 19.7. The molecule has 2 aromatic rings. The van der Waals surface area contributed by atoms with Crippen molar-refractivity contribution in [2.45, 2.75) is 33.1 Å². The Morgan fingerprint density at radius 3 is 2.23 bits per heavy atom. The summed E-state index contributed by atoms with van der Waals surface area (Å²) >= 11 is 0. The molecule has 0 radical (unpaired) electrons. The molecule has 2 aromatic carbocycles. The number of nitrogens with one attached hydrogen (secondary N) is 1. The predicted molar refractivity (Wildman–Crippen MR) is 130 cm³/mol. The smallest absolute Gasteiger partial charge is 0.430 e. The number of nitrogens with two attached hydrogens (primary N) is 1. The van der Waals surface area contributed by atoms with Gasteiger partial charge in [0.1, 0.15) is 14.0 Å². The van der Waals surface area contributed by atoms with Crippen LogP contribution in [0.5, 0.6) is 0 Å². The molecule has 0 saturated carbocycles. The Morgan fingerprint density at radius 2 is 1.66 bits per heavy atom. The van der Waals surface area contributed by atoms with Crippen LogP contribution >= 0.6 is 0 Å². The van der Waals surface area contributed by atoms with Crippen LogP contribution in [-0.2, 0) is 9.59 Å². The summed E-state index contributed by atoms with van der Waals surface area (Å²) < 4.78 is 31.5. The number of carboxylic acids is 1. The summed E-state index contributed by atoms with van der Waals surface area (Å²) in [6.45, 7) is 8.41. The van der Waals surface area contributed by atoms with E-state index in [0.717, 1.165) is 11.4 Å². The Kier molecular flexibility index (Phi) is 7.02. The molecule has 4 rings (SSSR count). The number of benzene rings is 2. The number of alkyl halides is 3. The van der Waals surface area contributed by atoms with Crippen LogP contribution in [0.4, 0.5) is 18.9 Å². The van der Waals surface area contributed by atoms with Gasteiger partial charge in [0.2, 0.25) is 5.91 Å². The van der Waals surface area contributed by atoms with Gasteiger partial charge in [0, 0.05) is 24.8 Å². The van der Waals surface area contributed by atoms with Crippen LogP contribution in [0, 0.1) is 6.92 Å². The monoisotopic (exact) mass is 498 g/mol. The number of hydrogen-bond acceptors (Lipinski definition) is 3. The molecule has 3 N–H and O–H groups in total. The van der Waals surface area contributed by atoms with Gasteiger partial charge in [-0.15, -0.1) is 0 Å². The van der Waals surface area contributed by atoms with E-state index in [0.29, 0.717) is 0 Å². The first-order valence-corrected chi connectivity index (χ1v) is 13.8. The Bertz CT molecular complexity index is 1320. The average Bonchev–Trinajstić information content (AvgIpc) is 2.75. The summed E-state index contributed by atoms with van der Waals surface area (Å²) in [7, 11) is -1.99. The van der Waals surface area contributed by atoms with Crippen LogP contribution in [0.2, 0.25) is 13.1 Å². The van der Waals surface area contributed by atoms with E-state index in [-0.39, 0.29) is 5.91 Å². The topological polar surface area (TPSA) is 94.8 Å². The van der Waals surface area contributed by atoms with Gasteiger partial charge >= 0.3 is 6.18 Å². The number of carbonyl (C=O) groups is 2. The van der Waals surface area contributed by atoms with E-state index in [2.05, 4.69) is 73.9 Å². The highest BCUT2D eigenvalue weighted by atomic mass is 28.3. The van der Waals surface area contributed by atoms with Gasteiger partial charge < -0.3 is 15.2 Å². The fourth-order valence-electron chi connectivity index (χ4n) is 4.29. The summed E-state index contributed by atoms with van der Waals surface area (Å²) in [4.78, 5) is 20.4. The lowest BCUT2D eigenvalue weighted by atomic mass is 9.87. The third-order valence-electron chi connectivity index (χ3n) is 5.91. The lowest BCUT2D eigenvalue weighted by Crippen LogP contribution is -2.50. The van der Waals surface area contributed by atoms with Crippen molar-refractivity contribution in [3.8, 4) is 0 Å². The molecule has 0 unspecified atom stereocenters. The highest BCUT2D eigenvalue weighted by molar-refractivity contribution is 6.98. The van der Waals surface area contributed by atoms with Gasteiger partial charge in [0.25, 0.3) is 0 Å². The summed E-state index contributed by atoms with van der Waals surface area (Å²) in [6, 6.07) is 14.8. The van der Waals surface area contributed by atoms with E-state index < -0.39 is 20.2 Å². The maximum Gasteiger partial charge on any atom is 0.430 e. The molecule has 2 aliphatic rings. The third kappa shape index (κ3) is 5.35. The van der Waals surface area contributed by atoms with E-state index >= 15 is 0 Å². The van der Waals surface area contributed by atoms with E-state index in [1.807, 2.05) is 12.1 Å². The van der Waals surface area contributed by atoms with Crippen molar-refractivity contribution >= 4 is 42.1 Å². The van der Waals surface area contributed by atoms with Crippen LogP contribution in [0.25, 0.3) is 5.57 Å². The van der Waals surface area contributed by atoms with Gasteiger partial charge in [0.05, 0.1) is 0 Å². The van der Waals surface area contributed by atoms with Crippen molar-refractivity contribution in [3.05, 3.63) is 88.2 Å². The molecule has 0 saturated heterocycles. The van der Waals surface area contributed by atoms with Gasteiger partial charge in [-0.05, 0) is 63.4 Å². The van der Waals surface area contributed by atoms with Crippen LogP contribution in [0.1, 0.15) is 23.6 Å². The molecular formula is C26H25F3N2O3Si. The number of allylic oxidation sites excluding steroid dienone is 5. The summed E-state index contributed by atoms with van der Waals surface area (Å²) in [6.07, 6.45) is 1.12. The second-order valence-electron chi connectivity index (χ2n) is 8.85. The molecule has 182 valence electrons. The Hall–Kier alpha value is -3.72. The summed E-state index contributed by atoms with van der Waals surface area (Å²) in [5.41, 5.74) is 7.93. The number of halogens is 3. The number of aliphatic carboxylic acids is 1.